The van der Waals surface area contributed by atoms with Gasteiger partial charge in [-0.25, -0.2) is 0 Å². The number of H-pyrrole nitrogens is 1. The smallest absolute Gasteiger partial charge is 0.0544 e. The third-order valence-corrected chi connectivity index (χ3v) is 3.97. The first-order chi connectivity index (χ1) is 10.4. The number of aromatic nitrogens is 1. The molecule has 0 saturated carbocycles. The van der Waals surface area contributed by atoms with Crippen LogP contribution < -0.4 is 0 Å². The number of benzene rings is 3. The Hall–Kier alpha value is -2.80. The number of hydrogen-bond acceptors (Lipinski definition) is 0. The molecule has 0 saturated heterocycles. The van der Waals surface area contributed by atoms with Gasteiger partial charge in [0.2, 0.25) is 0 Å². The van der Waals surface area contributed by atoms with E-state index in [1.165, 1.54) is 16.3 Å². The van der Waals surface area contributed by atoms with Crippen LogP contribution in [0.5, 0.6) is 0 Å². The summed E-state index contributed by atoms with van der Waals surface area (Å²) in [5, 5.41) is 2.50. The topological polar surface area (TPSA) is 15.8 Å². The second-order valence-electron chi connectivity index (χ2n) is 5.15. The Bertz CT molecular complexity index is 960. The molecule has 3 aromatic carbocycles. The Balaban J connectivity index is 2.12. The fraction of sp³-hybridized carbons (Fsp3) is 0. The number of hydrogen-bond donors (Lipinski definition) is 1. The molecule has 0 aliphatic rings. The standard InChI is InChI=1S/C20H14N/c1-2-14-8-3-4-9-15(14)17-11-7-12-18-16-10-5-6-13-19(16)21-20(17)18/h1-13,21H. The fourth-order valence-electron chi connectivity index (χ4n) is 2.99. The minimum Gasteiger partial charge on any atom is -0.354 e. The van der Waals surface area contributed by atoms with Gasteiger partial charge in [0.15, 0.2) is 0 Å². The lowest BCUT2D eigenvalue weighted by Gasteiger charge is -2.07. The molecule has 99 valence electrons. The first-order valence-electron chi connectivity index (χ1n) is 7.02. The molecule has 1 nitrogen and oxygen atoms in total. The van der Waals surface area contributed by atoms with Crippen molar-refractivity contribution in [3.63, 3.8) is 0 Å². The van der Waals surface area contributed by atoms with Gasteiger partial charge in [0.1, 0.15) is 0 Å². The molecule has 1 radical (unpaired) electrons. The Labute approximate surface area is 123 Å². The molecule has 1 heterocycles. The van der Waals surface area contributed by atoms with Crippen LogP contribution in [-0.4, -0.2) is 4.98 Å². The summed E-state index contributed by atoms with van der Waals surface area (Å²) in [6, 6.07) is 23.0. The van der Waals surface area contributed by atoms with Crippen LogP contribution in [0.1, 0.15) is 5.56 Å². The van der Waals surface area contributed by atoms with Crippen LogP contribution >= 0.6 is 0 Å². The molecule has 0 atom stereocenters. The van der Waals surface area contributed by atoms with Crippen LogP contribution in [0.15, 0.2) is 66.7 Å². The normalized spacial score (nSPS) is 11.0. The zero-order valence-corrected chi connectivity index (χ0v) is 11.5. The number of rotatable bonds is 2. The molecule has 0 fully saturated rings. The van der Waals surface area contributed by atoms with E-state index in [1.807, 2.05) is 18.2 Å². The zero-order chi connectivity index (χ0) is 14.2. The molecule has 0 aliphatic carbocycles. The molecule has 1 heteroatoms. The van der Waals surface area contributed by atoms with Gasteiger partial charge in [-0.1, -0.05) is 73.3 Å². The summed E-state index contributed by atoms with van der Waals surface area (Å²) in [6.07, 6.45) is 1.66. The second kappa shape index (κ2) is 4.64. The predicted molar refractivity (Wildman–Crippen MR) is 90.0 cm³/mol. The lowest BCUT2D eigenvalue weighted by molar-refractivity contribution is 1.53. The van der Waals surface area contributed by atoms with Gasteiger partial charge < -0.3 is 4.98 Å². The van der Waals surface area contributed by atoms with Crippen LogP contribution in [0.2, 0.25) is 0 Å². The Morgan fingerprint density at radius 1 is 0.714 bits per heavy atom. The first-order valence-corrected chi connectivity index (χ1v) is 7.02. The molecule has 1 aromatic heterocycles. The van der Waals surface area contributed by atoms with Gasteiger partial charge in [0.05, 0.1) is 5.52 Å². The van der Waals surface area contributed by atoms with Crippen LogP contribution in [0.3, 0.4) is 0 Å². The van der Waals surface area contributed by atoms with Crippen molar-refractivity contribution in [3.05, 3.63) is 78.9 Å². The Kier molecular flexibility index (Phi) is 2.65. The third kappa shape index (κ3) is 1.78. The van der Waals surface area contributed by atoms with Gasteiger partial charge in [-0.05, 0) is 17.2 Å². The minimum atomic E-state index is 1.05. The molecular weight excluding hydrogens is 254 g/mol. The lowest BCUT2D eigenvalue weighted by Crippen LogP contribution is -1.84. The zero-order valence-electron chi connectivity index (χ0n) is 11.5. The minimum absolute atomic E-state index is 1.05. The number of fused-ring (bicyclic) bond motifs is 3. The predicted octanol–water partition coefficient (Wildman–Crippen LogP) is 5.43. The highest BCUT2D eigenvalue weighted by Crippen LogP contribution is 2.34. The van der Waals surface area contributed by atoms with Crippen molar-refractivity contribution < 1.29 is 0 Å². The van der Waals surface area contributed by atoms with Gasteiger partial charge in [-0.2, -0.15) is 0 Å². The largest absolute Gasteiger partial charge is 0.354 e. The molecule has 0 amide bonds. The summed E-state index contributed by atoms with van der Waals surface area (Å²) < 4.78 is 0. The van der Waals surface area contributed by atoms with E-state index >= 15 is 0 Å². The SMILES string of the molecule is [CH]=Cc1ccccc1-c1cccc2c1[nH]c1ccccc12. The quantitative estimate of drug-likeness (QED) is 0.498. The molecule has 4 rings (SSSR count). The molecule has 1 N–H and O–H groups in total. The summed E-state index contributed by atoms with van der Waals surface area (Å²) in [4.78, 5) is 3.54. The number of nitrogens with one attached hydrogen (secondary N) is 1. The van der Waals surface area contributed by atoms with Crippen molar-refractivity contribution in [3.8, 4) is 11.1 Å². The first kappa shape index (κ1) is 12.0. The highest BCUT2D eigenvalue weighted by atomic mass is 14.7. The highest BCUT2D eigenvalue weighted by molar-refractivity contribution is 6.12. The van der Waals surface area contributed by atoms with Crippen molar-refractivity contribution in [2.75, 3.05) is 0 Å². The van der Waals surface area contributed by atoms with E-state index < -0.39 is 0 Å². The molecule has 21 heavy (non-hydrogen) atoms. The summed E-state index contributed by atoms with van der Waals surface area (Å²) in [6.45, 7) is 5.77. The van der Waals surface area contributed by atoms with E-state index in [2.05, 4.69) is 53.5 Å². The van der Waals surface area contributed by atoms with Crippen LogP contribution in [-0.2, 0) is 0 Å². The maximum atomic E-state index is 5.77. The molecule has 4 aromatic rings. The van der Waals surface area contributed by atoms with Gasteiger partial charge in [-0.15, -0.1) is 0 Å². The van der Waals surface area contributed by atoms with Crippen molar-refractivity contribution >= 4 is 27.9 Å². The number of aromatic amines is 1. The molecule has 0 unspecified atom stereocenters. The van der Waals surface area contributed by atoms with Crippen LogP contribution in [0.4, 0.5) is 0 Å². The number of para-hydroxylation sites is 2. The maximum absolute atomic E-state index is 5.77. The monoisotopic (exact) mass is 268 g/mol. The summed E-state index contributed by atoms with van der Waals surface area (Å²) in [7, 11) is 0. The van der Waals surface area contributed by atoms with Gasteiger partial charge in [-0.3, -0.25) is 0 Å². The van der Waals surface area contributed by atoms with Crippen molar-refractivity contribution in [1.82, 2.24) is 4.98 Å². The van der Waals surface area contributed by atoms with E-state index in [-0.39, 0.29) is 0 Å². The van der Waals surface area contributed by atoms with Crippen LogP contribution in [0.25, 0.3) is 39.0 Å². The van der Waals surface area contributed by atoms with E-state index in [0.717, 1.165) is 22.2 Å². The maximum Gasteiger partial charge on any atom is 0.0544 e. The highest BCUT2D eigenvalue weighted by Gasteiger charge is 2.10. The summed E-state index contributed by atoms with van der Waals surface area (Å²) >= 11 is 0. The average molecular weight is 268 g/mol. The van der Waals surface area contributed by atoms with E-state index in [9.17, 15) is 0 Å². The average Bonchev–Trinajstić information content (AvgIpc) is 2.93. The molecule has 0 aliphatic heterocycles. The molecule has 0 bridgehead atoms. The second-order valence-corrected chi connectivity index (χ2v) is 5.15. The van der Waals surface area contributed by atoms with E-state index in [0.29, 0.717) is 0 Å². The Morgan fingerprint density at radius 2 is 1.43 bits per heavy atom. The fourth-order valence-corrected chi connectivity index (χ4v) is 2.99. The van der Waals surface area contributed by atoms with Crippen LogP contribution in [0, 0.1) is 6.58 Å². The van der Waals surface area contributed by atoms with Crippen molar-refractivity contribution in [2.24, 2.45) is 0 Å². The van der Waals surface area contributed by atoms with Crippen molar-refractivity contribution in [2.45, 2.75) is 0 Å². The summed E-state index contributed by atoms with van der Waals surface area (Å²) in [5.41, 5.74) is 5.70. The third-order valence-electron chi connectivity index (χ3n) is 3.97. The Morgan fingerprint density at radius 3 is 2.33 bits per heavy atom. The van der Waals surface area contributed by atoms with E-state index in [1.54, 1.807) is 6.08 Å². The van der Waals surface area contributed by atoms with Crippen molar-refractivity contribution in [1.29, 1.82) is 0 Å². The molecule has 0 spiro atoms. The molecular formula is C20H14N. The van der Waals surface area contributed by atoms with Gasteiger partial charge >= 0.3 is 0 Å². The van der Waals surface area contributed by atoms with Gasteiger partial charge in [0.25, 0.3) is 0 Å². The summed E-state index contributed by atoms with van der Waals surface area (Å²) in [5.74, 6) is 0. The van der Waals surface area contributed by atoms with E-state index in [4.69, 9.17) is 6.58 Å². The lowest BCUT2D eigenvalue weighted by atomic mass is 9.97. The van der Waals surface area contributed by atoms with Gasteiger partial charge in [0, 0.05) is 21.9 Å².